The zero-order chi connectivity index (χ0) is 21.8. The van der Waals surface area contributed by atoms with Crippen molar-refractivity contribution < 1.29 is 13.3 Å². The third-order valence-electron chi connectivity index (χ3n) is 4.66. The number of nitrogens with zero attached hydrogens (tertiary/aromatic N) is 2. The maximum absolute atomic E-state index is 13.0. The highest BCUT2D eigenvalue weighted by Gasteiger charge is 2.30. The fraction of sp³-hybridized carbons (Fsp3) is 0. The molecule has 3 aromatic carbocycles. The van der Waals surface area contributed by atoms with Gasteiger partial charge in [-0.15, -0.1) is 0 Å². The number of benzene rings is 3. The summed E-state index contributed by atoms with van der Waals surface area (Å²) in [5, 5.41) is 12.1. The largest absolute Gasteiger partial charge is 0.297 e. The van der Waals surface area contributed by atoms with Gasteiger partial charge < -0.3 is 0 Å². The minimum Gasteiger partial charge on any atom is -0.279 e. The van der Waals surface area contributed by atoms with Crippen molar-refractivity contribution in [2.45, 2.75) is 4.90 Å². The van der Waals surface area contributed by atoms with Crippen molar-refractivity contribution in [3.63, 3.8) is 0 Å². The van der Waals surface area contributed by atoms with E-state index in [0.29, 0.717) is 22.5 Å². The van der Waals surface area contributed by atoms with Crippen LogP contribution in [0.3, 0.4) is 0 Å². The van der Waals surface area contributed by atoms with Crippen molar-refractivity contribution in [2.24, 2.45) is 0 Å². The van der Waals surface area contributed by atoms with E-state index < -0.39 is 25.5 Å². The first-order valence-corrected chi connectivity index (χ1v) is 10.8. The van der Waals surface area contributed by atoms with Gasteiger partial charge in [-0.3, -0.25) is 19.8 Å². The smallest absolute Gasteiger partial charge is 0.279 e. The van der Waals surface area contributed by atoms with Crippen molar-refractivity contribution in [1.82, 2.24) is 4.98 Å². The Hall–Kier alpha value is -4.04. The van der Waals surface area contributed by atoms with Crippen molar-refractivity contribution >= 4 is 21.4 Å². The molecule has 154 valence electrons. The number of hydrogen-bond donors (Lipinski definition) is 1. The lowest BCUT2D eigenvalue weighted by Crippen LogP contribution is -2.15. The second kappa shape index (κ2) is 8.37. The number of rotatable bonds is 6. The molecule has 0 saturated heterocycles. The summed E-state index contributed by atoms with van der Waals surface area (Å²) in [4.78, 5) is 15.3. The van der Waals surface area contributed by atoms with E-state index in [2.05, 4.69) is 9.71 Å². The van der Waals surface area contributed by atoms with Crippen molar-refractivity contribution in [1.29, 1.82) is 0 Å². The third-order valence-corrected chi connectivity index (χ3v) is 6.07. The molecule has 8 heteroatoms. The lowest BCUT2D eigenvalue weighted by molar-refractivity contribution is -0.387. The minimum absolute atomic E-state index is 0.196. The molecule has 0 bridgehead atoms. The summed E-state index contributed by atoms with van der Waals surface area (Å²) >= 11 is 0. The van der Waals surface area contributed by atoms with Gasteiger partial charge in [-0.05, 0) is 42.0 Å². The number of pyridine rings is 1. The van der Waals surface area contributed by atoms with Crippen LogP contribution in [0.2, 0.25) is 0 Å². The third kappa shape index (κ3) is 4.15. The van der Waals surface area contributed by atoms with E-state index in [1.165, 1.54) is 12.1 Å². The number of nitro groups is 1. The van der Waals surface area contributed by atoms with Crippen molar-refractivity contribution in [3.8, 4) is 22.4 Å². The Balaban J connectivity index is 1.90. The molecule has 0 atom stereocenters. The van der Waals surface area contributed by atoms with Crippen LogP contribution < -0.4 is 4.72 Å². The Morgan fingerprint density at radius 3 is 2.06 bits per heavy atom. The number of hydrogen-bond acceptors (Lipinski definition) is 5. The molecule has 0 saturated carbocycles. The Labute approximate surface area is 179 Å². The van der Waals surface area contributed by atoms with E-state index in [9.17, 15) is 18.5 Å². The lowest BCUT2D eigenvalue weighted by atomic mass is 9.96. The number of sulfonamides is 1. The molecule has 0 aliphatic carbocycles. The molecule has 1 heterocycles. The van der Waals surface area contributed by atoms with Gasteiger partial charge in [-0.25, -0.2) is 8.42 Å². The zero-order valence-electron chi connectivity index (χ0n) is 16.2. The van der Waals surface area contributed by atoms with Gasteiger partial charge in [0, 0.05) is 17.4 Å². The summed E-state index contributed by atoms with van der Waals surface area (Å²) in [6.07, 6.45) is 1.63. The van der Waals surface area contributed by atoms with Gasteiger partial charge in [0.25, 0.3) is 15.7 Å². The van der Waals surface area contributed by atoms with Crippen LogP contribution in [0.15, 0.2) is 102 Å². The number of nitro benzene ring substituents is 1. The molecule has 1 aromatic heterocycles. The van der Waals surface area contributed by atoms with Crippen LogP contribution in [0.1, 0.15) is 0 Å². The summed E-state index contributed by atoms with van der Waals surface area (Å²) in [5.74, 6) is 0. The highest BCUT2D eigenvalue weighted by molar-refractivity contribution is 7.92. The molecule has 0 spiro atoms. The van der Waals surface area contributed by atoms with E-state index in [1.54, 1.807) is 79.0 Å². The first-order chi connectivity index (χ1) is 15.0. The maximum atomic E-state index is 13.0. The summed E-state index contributed by atoms with van der Waals surface area (Å²) in [7, 11) is -4.20. The van der Waals surface area contributed by atoms with E-state index in [1.807, 2.05) is 6.07 Å². The lowest BCUT2D eigenvalue weighted by Gasteiger charge is -2.13. The Kier molecular flexibility index (Phi) is 5.46. The number of para-hydroxylation sites is 2. The highest BCUT2D eigenvalue weighted by Crippen LogP contribution is 2.40. The highest BCUT2D eigenvalue weighted by atomic mass is 32.2. The molecular weight excluding hydrogens is 414 g/mol. The second-order valence-electron chi connectivity index (χ2n) is 6.64. The molecule has 0 amide bonds. The topological polar surface area (TPSA) is 102 Å². The second-order valence-corrected chi connectivity index (χ2v) is 8.29. The molecule has 0 unspecified atom stereocenters. The van der Waals surface area contributed by atoms with Crippen LogP contribution in [0.25, 0.3) is 22.4 Å². The molecule has 4 aromatic rings. The molecule has 0 fully saturated rings. The molecule has 1 N–H and O–H groups in total. The summed E-state index contributed by atoms with van der Waals surface area (Å²) in [6.45, 7) is 0. The van der Waals surface area contributed by atoms with Gasteiger partial charge in [0.2, 0.25) is 0 Å². The van der Waals surface area contributed by atoms with Gasteiger partial charge in [-0.2, -0.15) is 0 Å². The van der Waals surface area contributed by atoms with Crippen LogP contribution in [0.5, 0.6) is 0 Å². The Morgan fingerprint density at radius 2 is 1.39 bits per heavy atom. The van der Waals surface area contributed by atoms with Crippen LogP contribution in [-0.2, 0) is 10.0 Å². The van der Waals surface area contributed by atoms with Crippen LogP contribution >= 0.6 is 0 Å². The molecule has 0 aliphatic heterocycles. The summed E-state index contributed by atoms with van der Waals surface area (Å²) in [5.41, 5.74) is 1.83. The van der Waals surface area contributed by atoms with Crippen LogP contribution in [0.4, 0.5) is 11.4 Å². The summed E-state index contributed by atoms with van der Waals surface area (Å²) < 4.78 is 28.5. The molecule has 31 heavy (non-hydrogen) atoms. The number of anilines is 1. The van der Waals surface area contributed by atoms with Gasteiger partial charge in [0.15, 0.2) is 4.90 Å². The van der Waals surface area contributed by atoms with Crippen molar-refractivity contribution in [3.05, 3.63) is 107 Å². The summed E-state index contributed by atoms with van der Waals surface area (Å²) in [6, 6.07) is 25.0. The molecular formula is C23H17N3O4S. The first kappa shape index (κ1) is 20.2. The predicted molar refractivity (Wildman–Crippen MR) is 119 cm³/mol. The van der Waals surface area contributed by atoms with Crippen molar-refractivity contribution in [2.75, 3.05) is 4.72 Å². The molecule has 7 nitrogen and oxygen atoms in total. The maximum Gasteiger partial charge on any atom is 0.297 e. The quantitative estimate of drug-likeness (QED) is 0.337. The fourth-order valence-corrected chi connectivity index (χ4v) is 4.58. The SMILES string of the molecule is O=[N+]([O-])c1c(-c2ccccc2-c2ccccn2)cccc1S(=O)(=O)Nc1ccccc1. The van der Waals surface area contributed by atoms with E-state index in [-0.39, 0.29) is 5.56 Å². The fourth-order valence-electron chi connectivity index (χ4n) is 3.32. The van der Waals surface area contributed by atoms with Gasteiger partial charge >= 0.3 is 0 Å². The van der Waals surface area contributed by atoms with Crippen LogP contribution in [-0.4, -0.2) is 18.3 Å². The van der Waals surface area contributed by atoms with E-state index in [4.69, 9.17) is 0 Å². The molecule has 0 radical (unpaired) electrons. The average Bonchev–Trinajstić information content (AvgIpc) is 2.79. The molecule has 0 aliphatic rings. The standard InChI is InChI=1S/C23H17N3O4S/c27-26(28)23-20(18-11-4-5-12-19(18)21-14-6-7-16-24-21)13-8-15-22(23)31(29,30)25-17-9-2-1-3-10-17/h1-16,25H. The number of nitrogens with one attached hydrogen (secondary N) is 1. The Morgan fingerprint density at radius 1 is 0.742 bits per heavy atom. The minimum atomic E-state index is -4.20. The van der Waals surface area contributed by atoms with Gasteiger partial charge in [-0.1, -0.05) is 54.6 Å². The average molecular weight is 431 g/mol. The first-order valence-electron chi connectivity index (χ1n) is 9.33. The van der Waals surface area contributed by atoms with E-state index >= 15 is 0 Å². The van der Waals surface area contributed by atoms with Crippen LogP contribution in [0, 0.1) is 10.1 Å². The zero-order valence-corrected chi connectivity index (χ0v) is 17.0. The van der Waals surface area contributed by atoms with Gasteiger partial charge in [0.1, 0.15) is 0 Å². The number of aromatic nitrogens is 1. The van der Waals surface area contributed by atoms with Gasteiger partial charge in [0.05, 0.1) is 16.2 Å². The predicted octanol–water partition coefficient (Wildman–Crippen LogP) is 5.12. The Bertz CT molecular complexity index is 1340. The monoisotopic (exact) mass is 431 g/mol. The van der Waals surface area contributed by atoms with E-state index in [0.717, 1.165) is 0 Å². The normalized spacial score (nSPS) is 11.1. The molecule has 4 rings (SSSR count).